The van der Waals surface area contributed by atoms with Gasteiger partial charge in [0.15, 0.2) is 5.82 Å². The number of aryl methyl sites for hydroxylation is 1. The topological polar surface area (TPSA) is 105 Å². The second kappa shape index (κ2) is 11.2. The highest BCUT2D eigenvalue weighted by Crippen LogP contribution is 2.45. The van der Waals surface area contributed by atoms with Crippen molar-refractivity contribution in [3.05, 3.63) is 87.7 Å². The van der Waals surface area contributed by atoms with Crippen LogP contribution in [-0.4, -0.2) is 44.9 Å². The Kier molecular flexibility index (Phi) is 8.06. The minimum Gasteiger partial charge on any atom is -0.488 e. The number of rotatable bonds is 8. The first-order valence-corrected chi connectivity index (χ1v) is 13.9. The number of amides is 1. The van der Waals surface area contributed by atoms with Crippen LogP contribution in [0.4, 0.5) is 22.0 Å². The first-order chi connectivity index (χ1) is 20.5. The highest BCUT2D eigenvalue weighted by atomic mass is 35.5. The second-order valence-electron chi connectivity index (χ2n) is 11.3. The van der Waals surface area contributed by atoms with Crippen LogP contribution in [0.3, 0.4) is 0 Å². The van der Waals surface area contributed by atoms with Crippen molar-refractivity contribution in [2.45, 2.75) is 57.1 Å². The van der Waals surface area contributed by atoms with E-state index in [-0.39, 0.29) is 23.0 Å². The van der Waals surface area contributed by atoms with Gasteiger partial charge >= 0.3 is 6.18 Å². The third kappa shape index (κ3) is 6.06. The molecule has 3 N–H and O–H groups in total. The molecule has 0 spiro atoms. The van der Waals surface area contributed by atoms with E-state index in [1.54, 1.807) is 19.2 Å². The molecular formula is C31H27ClF5N3O4. The summed E-state index contributed by atoms with van der Waals surface area (Å²) >= 11 is 6.33. The average molecular weight is 636 g/mol. The molecule has 1 unspecified atom stereocenters. The zero-order valence-electron chi connectivity index (χ0n) is 23.7. The third-order valence-corrected chi connectivity index (χ3v) is 7.51. The van der Waals surface area contributed by atoms with Gasteiger partial charge in [0.05, 0.1) is 29.0 Å². The van der Waals surface area contributed by atoms with E-state index in [2.05, 4.69) is 15.3 Å². The molecule has 0 radical (unpaired) electrons. The Morgan fingerprint density at radius 2 is 1.75 bits per heavy atom. The van der Waals surface area contributed by atoms with Crippen LogP contribution in [0.2, 0.25) is 5.02 Å². The molecule has 7 nitrogen and oxygen atoms in total. The number of nitrogens with one attached hydrogen (secondary N) is 1. The summed E-state index contributed by atoms with van der Waals surface area (Å²) in [5.74, 6) is -3.15. The summed E-state index contributed by atoms with van der Waals surface area (Å²) in [7, 11) is 0. The molecule has 4 aromatic rings. The molecular weight excluding hydrogens is 609 g/mol. The summed E-state index contributed by atoms with van der Waals surface area (Å²) in [6, 6.07) is 8.74. The van der Waals surface area contributed by atoms with E-state index >= 15 is 4.39 Å². The predicted molar refractivity (Wildman–Crippen MR) is 152 cm³/mol. The molecule has 2 aromatic heterocycles. The largest absolute Gasteiger partial charge is 0.488 e. The van der Waals surface area contributed by atoms with E-state index in [9.17, 15) is 32.6 Å². The summed E-state index contributed by atoms with van der Waals surface area (Å²) in [5, 5.41) is 23.8. The highest BCUT2D eigenvalue weighted by Gasteiger charge is 2.58. The number of hydrogen-bond donors (Lipinski definition) is 3. The van der Waals surface area contributed by atoms with Gasteiger partial charge in [0.25, 0.3) is 5.91 Å². The fourth-order valence-corrected chi connectivity index (χ4v) is 5.16. The molecule has 0 bridgehead atoms. The molecule has 232 valence electrons. The normalized spacial score (nSPS) is 15.2. The van der Waals surface area contributed by atoms with Crippen molar-refractivity contribution in [1.82, 2.24) is 15.3 Å². The van der Waals surface area contributed by atoms with E-state index in [1.807, 2.05) is 0 Å². The molecule has 1 amide bonds. The van der Waals surface area contributed by atoms with Gasteiger partial charge in [-0.1, -0.05) is 11.6 Å². The van der Waals surface area contributed by atoms with E-state index in [0.717, 1.165) is 56.5 Å². The first-order valence-electron chi connectivity index (χ1n) is 13.5. The van der Waals surface area contributed by atoms with E-state index in [4.69, 9.17) is 16.3 Å². The lowest BCUT2D eigenvalue weighted by Gasteiger charge is -2.33. The van der Waals surface area contributed by atoms with Crippen molar-refractivity contribution in [1.29, 1.82) is 0 Å². The van der Waals surface area contributed by atoms with Gasteiger partial charge in [-0.2, -0.15) is 13.2 Å². The summed E-state index contributed by atoms with van der Waals surface area (Å²) < 4.78 is 79.2. The molecule has 13 heteroatoms. The van der Waals surface area contributed by atoms with E-state index in [1.165, 1.54) is 12.1 Å². The number of ether oxygens (including phenoxy) is 1. The number of carbonyl (C=O) groups excluding carboxylic acids is 1. The van der Waals surface area contributed by atoms with Crippen molar-refractivity contribution in [2.24, 2.45) is 0 Å². The Morgan fingerprint density at radius 3 is 2.34 bits per heavy atom. The van der Waals surface area contributed by atoms with Gasteiger partial charge in [0.2, 0.25) is 5.60 Å². The van der Waals surface area contributed by atoms with Crippen LogP contribution in [-0.2, 0) is 11.2 Å². The molecule has 0 aliphatic heterocycles. The van der Waals surface area contributed by atoms with Crippen molar-refractivity contribution < 1.29 is 41.7 Å². The van der Waals surface area contributed by atoms with E-state index in [0.29, 0.717) is 10.9 Å². The van der Waals surface area contributed by atoms with Crippen molar-refractivity contribution in [2.75, 3.05) is 6.54 Å². The van der Waals surface area contributed by atoms with Crippen molar-refractivity contribution in [3.8, 4) is 17.0 Å². The SMILES string of the molecule is Cc1cnc2c(OC3CC3)cc(C(=O)NCC(O)(c3nc(-c4ccc(F)cc4)c(Cl)c(C(C)(C)O)c3F)C(F)(F)F)cc2c1. The van der Waals surface area contributed by atoms with E-state index < -0.39 is 63.4 Å². The fraction of sp³-hybridized carbons (Fsp3) is 0.323. The summed E-state index contributed by atoms with van der Waals surface area (Å²) in [6.07, 6.45) is -2.44. The number of fused-ring (bicyclic) bond motifs is 1. The zero-order chi connectivity index (χ0) is 32.2. The van der Waals surface area contributed by atoms with Gasteiger partial charge < -0.3 is 20.3 Å². The number of aromatic nitrogens is 2. The summed E-state index contributed by atoms with van der Waals surface area (Å²) in [6.45, 7) is 2.39. The average Bonchev–Trinajstić information content (AvgIpc) is 3.74. The number of alkyl halides is 3. The van der Waals surface area contributed by atoms with Gasteiger partial charge in [-0.05, 0) is 81.6 Å². The van der Waals surface area contributed by atoms with Crippen LogP contribution in [0.5, 0.6) is 5.75 Å². The number of aliphatic hydroxyl groups is 2. The molecule has 1 fully saturated rings. The monoisotopic (exact) mass is 635 g/mol. The number of nitrogens with zero attached hydrogens (tertiary/aromatic N) is 2. The van der Waals surface area contributed by atoms with Crippen LogP contribution >= 0.6 is 11.6 Å². The second-order valence-corrected chi connectivity index (χ2v) is 11.7. The quantitative estimate of drug-likeness (QED) is 0.191. The van der Waals surface area contributed by atoms with Gasteiger partial charge in [-0.25, -0.2) is 13.8 Å². The van der Waals surface area contributed by atoms with Gasteiger partial charge in [0, 0.05) is 28.3 Å². The lowest BCUT2D eigenvalue weighted by Crippen LogP contribution is -2.52. The lowest BCUT2D eigenvalue weighted by molar-refractivity contribution is -0.266. The Morgan fingerprint density at radius 1 is 1.09 bits per heavy atom. The Hall–Kier alpha value is -3.87. The van der Waals surface area contributed by atoms with Crippen LogP contribution in [0, 0.1) is 18.6 Å². The van der Waals surface area contributed by atoms with Gasteiger partial charge in [-0.15, -0.1) is 0 Å². The van der Waals surface area contributed by atoms with Crippen LogP contribution in [0.1, 0.15) is 53.9 Å². The first kappa shape index (κ1) is 31.6. The Labute approximate surface area is 253 Å². The minimum atomic E-state index is -5.58. The van der Waals surface area contributed by atoms with Crippen LogP contribution in [0.25, 0.3) is 22.2 Å². The van der Waals surface area contributed by atoms with Gasteiger partial charge in [-0.3, -0.25) is 9.78 Å². The number of halogens is 6. The Balaban J connectivity index is 1.58. The maximum atomic E-state index is 15.9. The molecule has 1 aliphatic carbocycles. The maximum Gasteiger partial charge on any atom is 0.424 e. The molecule has 1 saturated carbocycles. The molecule has 1 aliphatic rings. The van der Waals surface area contributed by atoms with Crippen molar-refractivity contribution in [3.63, 3.8) is 0 Å². The molecule has 2 heterocycles. The zero-order valence-corrected chi connectivity index (χ0v) is 24.4. The third-order valence-electron chi connectivity index (χ3n) is 7.14. The van der Waals surface area contributed by atoms with Gasteiger partial charge in [0.1, 0.15) is 22.8 Å². The minimum absolute atomic E-state index is 0.0139. The van der Waals surface area contributed by atoms with Crippen LogP contribution < -0.4 is 10.1 Å². The number of pyridine rings is 2. The molecule has 0 saturated heterocycles. The smallest absolute Gasteiger partial charge is 0.424 e. The highest BCUT2D eigenvalue weighted by molar-refractivity contribution is 6.34. The standard InChI is InChI=1S/C31H27ClF5N3O4/c1-15-10-17-11-18(12-21(25(17)38-13-15)44-20-8-9-20)28(41)39-14-30(43,31(35,36)37)27-24(34)22(29(2,3)42)23(32)26(40-27)16-4-6-19(33)7-5-16/h4-7,10-13,20,42-43H,8-9,14H2,1-3H3,(H,39,41). The Bertz CT molecular complexity index is 1760. The number of benzene rings is 2. The van der Waals surface area contributed by atoms with Crippen LogP contribution in [0.15, 0.2) is 48.7 Å². The predicted octanol–water partition coefficient (Wildman–Crippen LogP) is 6.49. The number of hydrogen-bond acceptors (Lipinski definition) is 6. The molecule has 44 heavy (non-hydrogen) atoms. The molecule has 5 rings (SSSR count). The maximum absolute atomic E-state index is 15.9. The fourth-order valence-electron chi connectivity index (χ4n) is 4.69. The number of carbonyl (C=O) groups is 1. The summed E-state index contributed by atoms with van der Waals surface area (Å²) in [4.78, 5) is 21.3. The lowest BCUT2D eigenvalue weighted by atomic mass is 9.89. The summed E-state index contributed by atoms with van der Waals surface area (Å²) in [5.41, 5.74) is -7.87. The molecule has 2 aromatic carbocycles. The molecule has 1 atom stereocenters. The van der Waals surface area contributed by atoms with Crippen molar-refractivity contribution >= 4 is 28.4 Å².